The maximum Gasteiger partial charge on any atom is 0.0372 e. The summed E-state index contributed by atoms with van der Waals surface area (Å²) < 4.78 is 0. The molecular weight excluding hydrogens is 232 g/mol. The second-order valence-corrected chi connectivity index (χ2v) is 6.64. The van der Waals surface area contributed by atoms with Gasteiger partial charge < -0.3 is 5.73 Å². The fourth-order valence-electron chi connectivity index (χ4n) is 3.37. The first-order valence-corrected chi connectivity index (χ1v) is 7.77. The molecule has 1 saturated carbocycles. The van der Waals surface area contributed by atoms with E-state index in [0.717, 1.165) is 18.4 Å². The third kappa shape index (κ3) is 2.70. The topological polar surface area (TPSA) is 29.3 Å². The fraction of sp³-hybridized carbons (Fsp3) is 0.647. The second kappa shape index (κ2) is 5.26. The van der Waals surface area contributed by atoms with Crippen molar-refractivity contribution in [2.24, 2.45) is 11.7 Å². The van der Waals surface area contributed by atoms with Crippen LogP contribution in [0.3, 0.4) is 0 Å². The van der Waals surface area contributed by atoms with Gasteiger partial charge in [-0.25, -0.2) is 0 Å². The molecule has 1 fully saturated rings. The Balaban J connectivity index is 1.80. The quantitative estimate of drug-likeness (QED) is 0.873. The Morgan fingerprint density at radius 1 is 1.21 bits per heavy atom. The lowest BCUT2D eigenvalue weighted by atomic mass is 10.0. The zero-order valence-corrected chi connectivity index (χ0v) is 12.2. The van der Waals surface area contributed by atoms with Gasteiger partial charge in [0.15, 0.2) is 0 Å². The number of hydrogen-bond donors (Lipinski definition) is 1. The van der Waals surface area contributed by atoms with Crippen LogP contribution in [0.4, 0.5) is 0 Å². The van der Waals surface area contributed by atoms with Crippen molar-refractivity contribution in [2.45, 2.75) is 57.7 Å². The van der Waals surface area contributed by atoms with Gasteiger partial charge in [-0.05, 0) is 49.3 Å². The molecule has 1 aromatic rings. The van der Waals surface area contributed by atoms with Crippen LogP contribution < -0.4 is 5.73 Å². The van der Waals surface area contributed by atoms with Crippen LogP contribution in [0.5, 0.6) is 0 Å². The van der Waals surface area contributed by atoms with Crippen LogP contribution in [0, 0.1) is 5.92 Å². The van der Waals surface area contributed by atoms with Crippen molar-refractivity contribution in [1.82, 2.24) is 4.90 Å². The predicted octanol–water partition coefficient (Wildman–Crippen LogP) is 3.64. The lowest BCUT2D eigenvalue weighted by Crippen LogP contribution is -2.31. The number of nitrogens with two attached hydrogens (primary N) is 1. The van der Waals surface area contributed by atoms with Gasteiger partial charge in [-0.15, -0.1) is 0 Å². The van der Waals surface area contributed by atoms with Crippen LogP contribution in [-0.2, 0) is 0 Å². The summed E-state index contributed by atoms with van der Waals surface area (Å²) in [6.45, 7) is 5.87. The molecule has 0 spiro atoms. The summed E-state index contributed by atoms with van der Waals surface area (Å²) in [6.07, 6.45) is 5.16. The smallest absolute Gasteiger partial charge is 0.0372 e. The molecule has 2 nitrogen and oxygen atoms in total. The van der Waals surface area contributed by atoms with Gasteiger partial charge in [-0.1, -0.05) is 38.1 Å². The van der Waals surface area contributed by atoms with Gasteiger partial charge in [-0.2, -0.15) is 0 Å². The summed E-state index contributed by atoms with van der Waals surface area (Å²) in [7, 11) is 0. The van der Waals surface area contributed by atoms with E-state index in [1.54, 1.807) is 0 Å². The molecule has 3 rings (SSSR count). The summed E-state index contributed by atoms with van der Waals surface area (Å²) >= 11 is 0. The van der Waals surface area contributed by atoms with E-state index in [9.17, 15) is 0 Å². The molecule has 0 radical (unpaired) electrons. The van der Waals surface area contributed by atoms with E-state index >= 15 is 0 Å². The van der Waals surface area contributed by atoms with E-state index in [4.69, 9.17) is 5.73 Å². The first kappa shape index (κ1) is 13.1. The van der Waals surface area contributed by atoms with Crippen LogP contribution in [0.15, 0.2) is 24.3 Å². The molecule has 0 saturated heterocycles. The van der Waals surface area contributed by atoms with Gasteiger partial charge in [0.05, 0.1) is 0 Å². The first-order chi connectivity index (χ1) is 9.16. The van der Waals surface area contributed by atoms with Crippen molar-refractivity contribution in [3.63, 3.8) is 0 Å². The average Bonchev–Trinajstić information content (AvgIpc) is 3.16. The van der Waals surface area contributed by atoms with Gasteiger partial charge in [0.25, 0.3) is 0 Å². The molecule has 2 aliphatic rings. The molecule has 0 aromatic heterocycles. The molecule has 2 aliphatic carbocycles. The zero-order valence-electron chi connectivity index (χ0n) is 12.2. The highest BCUT2D eigenvalue weighted by molar-refractivity contribution is 5.37. The van der Waals surface area contributed by atoms with Crippen molar-refractivity contribution in [1.29, 1.82) is 0 Å². The molecule has 2 unspecified atom stereocenters. The average molecular weight is 258 g/mol. The summed E-state index contributed by atoms with van der Waals surface area (Å²) in [5.74, 6) is 0.784. The fourth-order valence-corrected chi connectivity index (χ4v) is 3.37. The minimum absolute atomic E-state index is 0.237. The van der Waals surface area contributed by atoms with Gasteiger partial charge in [0.1, 0.15) is 0 Å². The SMILES string of the molecule is CC(C)CCN(C1CC1)C1CC(N)c2ccccc21. The molecular formula is C17H26N2. The van der Waals surface area contributed by atoms with Crippen LogP contribution >= 0.6 is 0 Å². The summed E-state index contributed by atoms with van der Waals surface area (Å²) in [4.78, 5) is 2.74. The number of benzene rings is 1. The van der Waals surface area contributed by atoms with Gasteiger partial charge in [0, 0.05) is 18.1 Å². The number of nitrogens with zero attached hydrogens (tertiary/aromatic N) is 1. The molecule has 0 bridgehead atoms. The van der Waals surface area contributed by atoms with Crippen LogP contribution in [0.1, 0.15) is 62.7 Å². The third-order valence-electron chi connectivity index (χ3n) is 4.61. The van der Waals surface area contributed by atoms with E-state index in [0.29, 0.717) is 6.04 Å². The maximum atomic E-state index is 6.32. The van der Waals surface area contributed by atoms with Crippen LogP contribution in [0.2, 0.25) is 0 Å². The Kier molecular flexibility index (Phi) is 3.64. The molecule has 19 heavy (non-hydrogen) atoms. The van der Waals surface area contributed by atoms with Crippen molar-refractivity contribution in [3.8, 4) is 0 Å². The van der Waals surface area contributed by atoms with Crippen molar-refractivity contribution in [2.75, 3.05) is 6.54 Å². The largest absolute Gasteiger partial charge is 0.324 e. The van der Waals surface area contributed by atoms with E-state index < -0.39 is 0 Å². The Bertz CT molecular complexity index is 437. The van der Waals surface area contributed by atoms with Crippen LogP contribution in [0.25, 0.3) is 0 Å². The standard InChI is InChI=1S/C17H26N2/c1-12(2)9-10-19(13-7-8-13)17-11-16(18)14-5-3-4-6-15(14)17/h3-6,12-13,16-17H,7-11,18H2,1-2H3. The summed E-state index contributed by atoms with van der Waals surface area (Å²) in [6, 6.07) is 10.4. The zero-order chi connectivity index (χ0) is 13.4. The molecule has 2 atom stereocenters. The van der Waals surface area contributed by atoms with Gasteiger partial charge >= 0.3 is 0 Å². The lowest BCUT2D eigenvalue weighted by Gasteiger charge is -2.30. The third-order valence-corrected chi connectivity index (χ3v) is 4.61. The minimum Gasteiger partial charge on any atom is -0.324 e. The minimum atomic E-state index is 0.237. The Morgan fingerprint density at radius 3 is 2.53 bits per heavy atom. The first-order valence-electron chi connectivity index (χ1n) is 7.77. The van der Waals surface area contributed by atoms with E-state index in [1.807, 2.05) is 0 Å². The summed E-state index contributed by atoms with van der Waals surface area (Å²) in [5, 5.41) is 0. The molecule has 0 aliphatic heterocycles. The number of rotatable bonds is 5. The second-order valence-electron chi connectivity index (χ2n) is 6.64. The highest BCUT2D eigenvalue weighted by Crippen LogP contribution is 2.45. The molecule has 2 heteroatoms. The lowest BCUT2D eigenvalue weighted by molar-refractivity contribution is 0.172. The maximum absolute atomic E-state index is 6.32. The highest BCUT2D eigenvalue weighted by atomic mass is 15.2. The van der Waals surface area contributed by atoms with Crippen LogP contribution in [-0.4, -0.2) is 17.5 Å². The molecule has 0 heterocycles. The van der Waals surface area contributed by atoms with E-state index in [2.05, 4.69) is 43.0 Å². The summed E-state index contributed by atoms with van der Waals surface area (Å²) in [5.41, 5.74) is 9.19. The van der Waals surface area contributed by atoms with Crippen molar-refractivity contribution < 1.29 is 0 Å². The highest BCUT2D eigenvalue weighted by Gasteiger charge is 2.39. The Morgan fingerprint density at radius 2 is 1.89 bits per heavy atom. The molecule has 0 amide bonds. The van der Waals surface area contributed by atoms with Crippen molar-refractivity contribution >= 4 is 0 Å². The normalized spacial score (nSPS) is 26.2. The number of hydrogen-bond acceptors (Lipinski definition) is 2. The number of fused-ring (bicyclic) bond motifs is 1. The molecule has 2 N–H and O–H groups in total. The van der Waals surface area contributed by atoms with E-state index in [1.165, 1.54) is 36.9 Å². The molecule has 104 valence electrons. The van der Waals surface area contributed by atoms with Gasteiger partial charge in [0.2, 0.25) is 0 Å². The predicted molar refractivity (Wildman–Crippen MR) is 79.9 cm³/mol. The Labute approximate surface area is 117 Å². The Hall–Kier alpha value is -0.860. The van der Waals surface area contributed by atoms with Crippen molar-refractivity contribution in [3.05, 3.63) is 35.4 Å². The van der Waals surface area contributed by atoms with E-state index in [-0.39, 0.29) is 6.04 Å². The molecule has 1 aromatic carbocycles. The monoisotopic (exact) mass is 258 g/mol. The van der Waals surface area contributed by atoms with Gasteiger partial charge in [-0.3, -0.25) is 4.90 Å².